The highest BCUT2D eigenvalue weighted by Gasteiger charge is 2.13. The lowest BCUT2D eigenvalue weighted by Gasteiger charge is -2.05. The number of benzene rings is 1. The number of hydrogen-bond acceptors (Lipinski definition) is 2. The molecule has 1 aromatic rings. The van der Waals surface area contributed by atoms with Crippen LogP contribution in [0.3, 0.4) is 0 Å². The topological polar surface area (TPSA) is 34.1 Å². The van der Waals surface area contributed by atoms with Gasteiger partial charge in [0.25, 0.3) is 0 Å². The summed E-state index contributed by atoms with van der Waals surface area (Å²) in [6, 6.07) is 7.20. The first-order chi connectivity index (χ1) is 13.6. The summed E-state index contributed by atoms with van der Waals surface area (Å²) >= 11 is 0. The van der Waals surface area contributed by atoms with E-state index in [9.17, 15) is 8.42 Å². The van der Waals surface area contributed by atoms with Crippen LogP contribution in [0.4, 0.5) is 0 Å². The Balaban J connectivity index is 1.89. The van der Waals surface area contributed by atoms with Crippen LogP contribution >= 0.6 is 0 Å². The molecule has 1 rings (SSSR count). The van der Waals surface area contributed by atoms with E-state index in [2.05, 4.69) is 6.58 Å². The van der Waals surface area contributed by atoms with Crippen molar-refractivity contribution < 1.29 is 8.42 Å². The van der Waals surface area contributed by atoms with Crippen molar-refractivity contribution in [3.8, 4) is 0 Å². The van der Waals surface area contributed by atoms with Crippen LogP contribution in [0.5, 0.6) is 0 Å². The number of sulfone groups is 1. The molecule has 0 aliphatic heterocycles. The lowest BCUT2D eigenvalue weighted by molar-refractivity contribution is 0.535. The molecule has 0 radical (unpaired) electrons. The Bertz CT molecular complexity index is 602. The minimum Gasteiger partial charge on any atom is -0.224 e. The summed E-state index contributed by atoms with van der Waals surface area (Å²) < 4.78 is 24.6. The molecule has 0 amide bonds. The molecular weight excluding hydrogens is 364 g/mol. The Kier molecular flexibility index (Phi) is 14.1. The Hall–Kier alpha value is -1.09. The standard InChI is InChI=1S/C25H42O2S/c1-3-4-5-6-7-8-9-10-11-12-13-14-15-16-17-18-23-28(26,27)25-21-19-24(2)20-22-25/h3,19-22H,1,4-18,23H2,2H3. The van der Waals surface area contributed by atoms with Gasteiger partial charge in [0.2, 0.25) is 0 Å². The van der Waals surface area contributed by atoms with Crippen molar-refractivity contribution in [2.45, 2.75) is 108 Å². The average molecular weight is 407 g/mol. The van der Waals surface area contributed by atoms with Gasteiger partial charge >= 0.3 is 0 Å². The van der Waals surface area contributed by atoms with Crippen molar-refractivity contribution in [1.82, 2.24) is 0 Å². The fourth-order valence-electron chi connectivity index (χ4n) is 3.57. The molecule has 28 heavy (non-hydrogen) atoms. The van der Waals surface area contributed by atoms with Crippen LogP contribution < -0.4 is 0 Å². The first-order valence-corrected chi connectivity index (χ1v) is 13.1. The quantitative estimate of drug-likeness (QED) is 0.184. The second-order valence-corrected chi connectivity index (χ2v) is 10.3. The second kappa shape index (κ2) is 15.8. The van der Waals surface area contributed by atoms with Crippen LogP contribution in [-0.4, -0.2) is 14.2 Å². The van der Waals surface area contributed by atoms with E-state index in [1.54, 1.807) is 12.1 Å². The van der Waals surface area contributed by atoms with Crippen molar-refractivity contribution in [2.24, 2.45) is 0 Å². The lowest BCUT2D eigenvalue weighted by atomic mass is 10.0. The molecule has 0 heterocycles. The van der Waals surface area contributed by atoms with E-state index >= 15 is 0 Å². The van der Waals surface area contributed by atoms with E-state index in [0.717, 1.165) is 24.8 Å². The van der Waals surface area contributed by atoms with Crippen molar-refractivity contribution in [2.75, 3.05) is 5.75 Å². The van der Waals surface area contributed by atoms with Gasteiger partial charge < -0.3 is 0 Å². The van der Waals surface area contributed by atoms with E-state index in [1.807, 2.05) is 25.1 Å². The van der Waals surface area contributed by atoms with Crippen molar-refractivity contribution >= 4 is 9.84 Å². The number of aryl methyl sites for hydroxylation is 1. The lowest BCUT2D eigenvalue weighted by Crippen LogP contribution is -2.06. The van der Waals surface area contributed by atoms with Gasteiger partial charge in [0.05, 0.1) is 10.6 Å². The van der Waals surface area contributed by atoms with Crippen LogP contribution in [0.2, 0.25) is 0 Å². The maximum Gasteiger partial charge on any atom is 0.178 e. The summed E-state index contributed by atoms with van der Waals surface area (Å²) in [5.41, 5.74) is 1.10. The molecule has 0 aromatic heterocycles. The molecule has 0 unspecified atom stereocenters. The summed E-state index contributed by atoms with van der Waals surface area (Å²) in [4.78, 5) is 0.467. The molecule has 0 aliphatic carbocycles. The normalized spacial score (nSPS) is 11.6. The fourth-order valence-corrected chi connectivity index (χ4v) is 4.94. The minimum absolute atomic E-state index is 0.281. The summed E-state index contributed by atoms with van der Waals surface area (Å²) in [5.74, 6) is 0.281. The van der Waals surface area contributed by atoms with Gasteiger partial charge in [0.15, 0.2) is 9.84 Å². The van der Waals surface area contributed by atoms with Gasteiger partial charge in [-0.25, -0.2) is 8.42 Å². The molecule has 0 N–H and O–H groups in total. The molecule has 0 saturated carbocycles. The molecular formula is C25H42O2S. The zero-order chi connectivity index (χ0) is 20.5. The van der Waals surface area contributed by atoms with Crippen LogP contribution in [0.15, 0.2) is 41.8 Å². The predicted molar refractivity (Wildman–Crippen MR) is 123 cm³/mol. The first-order valence-electron chi connectivity index (χ1n) is 11.5. The van der Waals surface area contributed by atoms with Gasteiger partial charge in [-0.3, -0.25) is 0 Å². The highest BCUT2D eigenvalue weighted by atomic mass is 32.2. The zero-order valence-corrected chi connectivity index (χ0v) is 18.9. The molecule has 2 nitrogen and oxygen atoms in total. The Morgan fingerprint density at radius 2 is 1.07 bits per heavy atom. The minimum atomic E-state index is -3.10. The van der Waals surface area contributed by atoms with Crippen molar-refractivity contribution in [1.29, 1.82) is 0 Å². The Labute approximate surface area is 174 Å². The molecule has 0 saturated heterocycles. The van der Waals surface area contributed by atoms with Gasteiger partial charge in [-0.15, -0.1) is 6.58 Å². The number of allylic oxidation sites excluding steroid dienone is 1. The third-order valence-electron chi connectivity index (χ3n) is 5.45. The number of rotatable bonds is 18. The smallest absolute Gasteiger partial charge is 0.178 e. The largest absolute Gasteiger partial charge is 0.224 e. The molecule has 1 aromatic carbocycles. The Morgan fingerprint density at radius 3 is 1.50 bits per heavy atom. The highest BCUT2D eigenvalue weighted by Crippen LogP contribution is 2.16. The molecule has 0 aliphatic rings. The predicted octanol–water partition coefficient (Wildman–Crippen LogP) is 7.81. The molecule has 0 atom stereocenters. The maximum absolute atomic E-state index is 12.3. The second-order valence-electron chi connectivity index (χ2n) is 8.16. The van der Waals surface area contributed by atoms with Crippen molar-refractivity contribution in [3.05, 3.63) is 42.5 Å². The van der Waals surface area contributed by atoms with E-state index < -0.39 is 9.84 Å². The summed E-state index contributed by atoms with van der Waals surface area (Å²) in [6.45, 7) is 5.74. The summed E-state index contributed by atoms with van der Waals surface area (Å²) in [7, 11) is -3.10. The third kappa shape index (κ3) is 12.4. The van der Waals surface area contributed by atoms with E-state index in [0.29, 0.717) is 4.90 Å². The zero-order valence-electron chi connectivity index (χ0n) is 18.1. The summed E-state index contributed by atoms with van der Waals surface area (Å²) in [5, 5.41) is 0. The van der Waals surface area contributed by atoms with Gasteiger partial charge in [0.1, 0.15) is 0 Å². The van der Waals surface area contributed by atoms with Crippen LogP contribution in [-0.2, 0) is 9.84 Å². The van der Waals surface area contributed by atoms with Gasteiger partial charge in [-0.2, -0.15) is 0 Å². The van der Waals surface area contributed by atoms with Gasteiger partial charge in [-0.1, -0.05) is 101 Å². The SMILES string of the molecule is C=CCCCCCCCCCCCCCCCCS(=O)(=O)c1ccc(C)cc1. The average Bonchev–Trinajstić information content (AvgIpc) is 2.68. The van der Waals surface area contributed by atoms with E-state index in [-0.39, 0.29) is 5.75 Å². The fraction of sp³-hybridized carbons (Fsp3) is 0.680. The Morgan fingerprint density at radius 1 is 0.679 bits per heavy atom. The number of hydrogen-bond donors (Lipinski definition) is 0. The van der Waals surface area contributed by atoms with Crippen LogP contribution in [0, 0.1) is 6.92 Å². The first kappa shape index (κ1) is 24.9. The van der Waals surface area contributed by atoms with Crippen LogP contribution in [0.1, 0.15) is 102 Å². The monoisotopic (exact) mass is 406 g/mol. The molecule has 0 spiro atoms. The molecule has 0 fully saturated rings. The number of unbranched alkanes of at least 4 members (excludes halogenated alkanes) is 14. The van der Waals surface area contributed by atoms with Crippen LogP contribution in [0.25, 0.3) is 0 Å². The summed E-state index contributed by atoms with van der Waals surface area (Å²) in [6.07, 6.45) is 21.0. The molecule has 3 heteroatoms. The third-order valence-corrected chi connectivity index (χ3v) is 7.27. The highest BCUT2D eigenvalue weighted by molar-refractivity contribution is 7.91. The van der Waals surface area contributed by atoms with E-state index in [4.69, 9.17) is 0 Å². The molecule has 0 bridgehead atoms. The van der Waals surface area contributed by atoms with Gasteiger partial charge in [0, 0.05) is 0 Å². The van der Waals surface area contributed by atoms with E-state index in [1.165, 1.54) is 77.0 Å². The molecule has 160 valence electrons. The maximum atomic E-state index is 12.3. The van der Waals surface area contributed by atoms with Gasteiger partial charge in [-0.05, 0) is 38.3 Å². The van der Waals surface area contributed by atoms with Crippen molar-refractivity contribution in [3.63, 3.8) is 0 Å².